The summed E-state index contributed by atoms with van der Waals surface area (Å²) in [5.74, 6) is -2.67. The second-order valence-electron chi connectivity index (χ2n) is 13.2. The number of hydrogen-bond acceptors (Lipinski definition) is 13. The van der Waals surface area contributed by atoms with Crippen LogP contribution < -0.4 is 4.90 Å². The van der Waals surface area contributed by atoms with Gasteiger partial charge in [0.05, 0.1) is 31.1 Å². The fourth-order valence-corrected chi connectivity index (χ4v) is 8.45. The van der Waals surface area contributed by atoms with E-state index in [1.807, 2.05) is 42.5 Å². The molecule has 0 radical (unpaired) electrons. The van der Waals surface area contributed by atoms with Crippen LogP contribution in [0.5, 0.6) is 0 Å². The Kier molecular flexibility index (Phi) is 7.65. The van der Waals surface area contributed by atoms with E-state index in [9.17, 15) is 45.3 Å². The quantitative estimate of drug-likeness (QED) is 0.140. The zero-order valence-corrected chi connectivity index (χ0v) is 25.7. The highest BCUT2D eigenvalue weighted by atomic mass is 16.7. The van der Waals surface area contributed by atoms with E-state index in [1.165, 1.54) is 11.9 Å². The van der Waals surface area contributed by atoms with Crippen LogP contribution in [0.25, 0.3) is 10.9 Å². The number of amides is 2. The number of H-pyrrole nitrogens is 1. The van der Waals surface area contributed by atoms with Crippen LogP contribution in [0.4, 0.5) is 5.69 Å². The Morgan fingerprint density at radius 2 is 1.48 bits per heavy atom. The topological polar surface area (TPSA) is 226 Å². The van der Waals surface area contributed by atoms with Crippen molar-refractivity contribution in [3.05, 3.63) is 65.4 Å². The van der Waals surface area contributed by atoms with Gasteiger partial charge < -0.3 is 59.8 Å². The summed E-state index contributed by atoms with van der Waals surface area (Å²) in [6, 6.07) is 14.1. The summed E-state index contributed by atoms with van der Waals surface area (Å²) in [4.78, 5) is 34.0. The standard InChI is InChI=1S/C33H37N3O12/c1-35-30(44)20-18-12-6-2-4-8-14(12)34-22(18)23-19(21(20)31(35)45)13-7-3-5-9-15(13)36(23)32-28(42)26(40)25(39)17(47-32)11-46-33-29(43)27(41)24(38)16(10-37)48-33/h2-9,16-17,19-21,23-29,32-34,37-43H,10-11H2,1H3/t16-,17-,19+,20+,21-,23+,24+,25-,26+,27+,28-,29-,32-,33+/m1/s1. The van der Waals surface area contributed by atoms with Gasteiger partial charge in [0.15, 0.2) is 12.5 Å². The lowest BCUT2D eigenvalue weighted by atomic mass is 9.68. The molecule has 14 atom stereocenters. The van der Waals surface area contributed by atoms with E-state index >= 15 is 0 Å². The van der Waals surface area contributed by atoms with Crippen molar-refractivity contribution >= 4 is 28.4 Å². The average molecular weight is 668 g/mol. The Balaban J connectivity index is 1.19. The van der Waals surface area contributed by atoms with E-state index in [4.69, 9.17) is 14.2 Å². The minimum Gasteiger partial charge on any atom is -0.394 e. The predicted octanol–water partition coefficient (Wildman–Crippen LogP) is -1.85. The van der Waals surface area contributed by atoms with Gasteiger partial charge in [-0.05, 0) is 23.3 Å². The van der Waals surface area contributed by atoms with Crippen LogP contribution >= 0.6 is 0 Å². The van der Waals surface area contributed by atoms with Gasteiger partial charge in [0, 0.05) is 35.2 Å². The Morgan fingerprint density at radius 3 is 2.25 bits per heavy atom. The molecule has 2 amide bonds. The third-order valence-electron chi connectivity index (χ3n) is 10.8. The first-order chi connectivity index (χ1) is 23.0. The smallest absolute Gasteiger partial charge is 0.237 e. The Labute approximate surface area is 273 Å². The molecule has 1 aromatic heterocycles. The molecular formula is C33H37N3O12. The van der Waals surface area contributed by atoms with Gasteiger partial charge in [0.25, 0.3) is 0 Å². The number of hydrogen-bond donors (Lipinski definition) is 8. The number of aliphatic hydroxyl groups excluding tert-OH is 7. The number of anilines is 1. The zero-order chi connectivity index (χ0) is 33.8. The SMILES string of the molecule is CN1C(=O)[C@@H]2[C@@H]3c4ccccc4N([C@@H]4O[C@H](CO[C@H]5O[C@H](CO)[C@H](O)[C@H](O)[C@H]5O)[C@@H](O)[C@H](O)[C@H]4O)[C@@H]3c3[nH]c4ccccc4c3[C@@H]2C1=O. The predicted molar refractivity (Wildman–Crippen MR) is 163 cm³/mol. The lowest BCUT2D eigenvalue weighted by Crippen LogP contribution is -2.64. The molecule has 3 saturated heterocycles. The second-order valence-corrected chi connectivity index (χ2v) is 13.2. The number of nitrogens with one attached hydrogen (secondary N) is 1. The maximum Gasteiger partial charge on any atom is 0.237 e. The number of likely N-dealkylation sites (tertiary alicyclic amines) is 1. The Hall–Kier alpha value is -3.48. The van der Waals surface area contributed by atoms with Gasteiger partial charge in [-0.1, -0.05) is 36.4 Å². The number of rotatable bonds is 5. The number of aromatic nitrogens is 1. The van der Waals surface area contributed by atoms with Gasteiger partial charge in [-0.2, -0.15) is 0 Å². The molecule has 2 aromatic carbocycles. The molecule has 48 heavy (non-hydrogen) atoms. The molecule has 8 rings (SSSR count). The average Bonchev–Trinajstić information content (AvgIpc) is 3.71. The summed E-state index contributed by atoms with van der Waals surface area (Å²) in [6.45, 7) is -1.16. The van der Waals surface area contributed by atoms with Crippen LogP contribution in [0.3, 0.4) is 0 Å². The van der Waals surface area contributed by atoms with Crippen molar-refractivity contribution in [3.8, 4) is 0 Å². The number of fused-ring (bicyclic) bond motifs is 10. The summed E-state index contributed by atoms with van der Waals surface area (Å²) in [6.07, 6.45) is -15.4. The number of ether oxygens (including phenoxy) is 3. The number of imide groups is 1. The van der Waals surface area contributed by atoms with Crippen LogP contribution in [0.15, 0.2) is 48.5 Å². The lowest BCUT2D eigenvalue weighted by Gasteiger charge is -2.48. The third-order valence-corrected chi connectivity index (χ3v) is 10.8. The van der Waals surface area contributed by atoms with Crippen molar-refractivity contribution in [3.63, 3.8) is 0 Å². The van der Waals surface area contributed by atoms with Crippen LogP contribution in [0.2, 0.25) is 0 Å². The minimum atomic E-state index is -1.72. The van der Waals surface area contributed by atoms with E-state index in [0.717, 1.165) is 16.5 Å². The van der Waals surface area contributed by atoms with E-state index in [2.05, 4.69) is 4.98 Å². The molecule has 0 saturated carbocycles. The first kappa shape index (κ1) is 31.8. The summed E-state index contributed by atoms with van der Waals surface area (Å²) in [5, 5.41) is 74.7. The minimum absolute atomic E-state index is 0.303. The van der Waals surface area contributed by atoms with Crippen LogP contribution in [0, 0.1) is 5.92 Å². The van der Waals surface area contributed by atoms with Crippen LogP contribution in [-0.2, 0) is 23.8 Å². The number of carbonyl (C=O) groups excluding carboxylic acids is 2. The molecule has 3 fully saturated rings. The van der Waals surface area contributed by atoms with E-state index in [-0.39, 0.29) is 11.8 Å². The van der Waals surface area contributed by atoms with Gasteiger partial charge in [0.2, 0.25) is 11.8 Å². The first-order valence-electron chi connectivity index (χ1n) is 16.0. The summed E-state index contributed by atoms with van der Waals surface area (Å²) < 4.78 is 17.4. The first-order valence-corrected chi connectivity index (χ1v) is 16.0. The summed E-state index contributed by atoms with van der Waals surface area (Å²) in [5.41, 5.74) is 3.47. The normalized spacial score (nSPS) is 40.6. The summed E-state index contributed by atoms with van der Waals surface area (Å²) >= 11 is 0. The van der Waals surface area contributed by atoms with Crippen molar-refractivity contribution < 1.29 is 59.5 Å². The number of likely N-dealkylation sites (N-methyl/N-ethyl adjacent to an activating group) is 1. The van der Waals surface area contributed by atoms with E-state index < -0.39 is 98.4 Å². The Morgan fingerprint density at radius 1 is 0.792 bits per heavy atom. The highest BCUT2D eigenvalue weighted by molar-refractivity contribution is 6.11. The number of aromatic amines is 1. The highest BCUT2D eigenvalue weighted by Crippen LogP contribution is 2.63. The molecule has 8 N–H and O–H groups in total. The molecule has 1 aliphatic carbocycles. The summed E-state index contributed by atoms with van der Waals surface area (Å²) in [7, 11) is 1.48. The third kappa shape index (κ3) is 4.37. The second kappa shape index (κ2) is 11.6. The number of para-hydroxylation sites is 2. The van der Waals surface area contributed by atoms with Crippen LogP contribution in [0.1, 0.15) is 34.7 Å². The molecule has 3 aromatic rings. The molecule has 4 aliphatic heterocycles. The van der Waals surface area contributed by atoms with Crippen LogP contribution in [-0.4, -0.2) is 139 Å². The molecule has 0 spiro atoms. The van der Waals surface area contributed by atoms with Gasteiger partial charge in [-0.15, -0.1) is 0 Å². The fourth-order valence-electron chi connectivity index (χ4n) is 8.45. The lowest BCUT2D eigenvalue weighted by molar-refractivity contribution is -0.314. The monoisotopic (exact) mass is 667 g/mol. The molecule has 0 unspecified atom stereocenters. The number of carbonyl (C=O) groups is 2. The molecule has 0 bridgehead atoms. The molecule has 15 nitrogen and oxygen atoms in total. The molecule has 5 heterocycles. The number of nitrogens with zero attached hydrogens (tertiary/aromatic N) is 2. The zero-order valence-electron chi connectivity index (χ0n) is 25.7. The van der Waals surface area contributed by atoms with Crippen molar-refractivity contribution in [2.45, 2.75) is 79.2 Å². The maximum absolute atomic E-state index is 13.8. The van der Waals surface area contributed by atoms with Gasteiger partial charge >= 0.3 is 0 Å². The number of aliphatic hydroxyl groups is 7. The van der Waals surface area contributed by atoms with E-state index in [1.54, 1.807) is 11.0 Å². The van der Waals surface area contributed by atoms with E-state index in [0.29, 0.717) is 16.9 Å². The van der Waals surface area contributed by atoms with Crippen molar-refractivity contribution in [1.82, 2.24) is 9.88 Å². The largest absolute Gasteiger partial charge is 0.394 e. The highest BCUT2D eigenvalue weighted by Gasteiger charge is 2.63. The number of benzene rings is 2. The van der Waals surface area contributed by atoms with Gasteiger partial charge in [0.1, 0.15) is 48.8 Å². The van der Waals surface area contributed by atoms with Crippen molar-refractivity contribution in [2.75, 3.05) is 25.2 Å². The molecular weight excluding hydrogens is 630 g/mol. The molecule has 256 valence electrons. The van der Waals surface area contributed by atoms with Crippen molar-refractivity contribution in [2.24, 2.45) is 5.92 Å². The van der Waals surface area contributed by atoms with Gasteiger partial charge in [-0.3, -0.25) is 14.5 Å². The molecule has 5 aliphatic rings. The maximum atomic E-state index is 13.8. The van der Waals surface area contributed by atoms with Crippen molar-refractivity contribution in [1.29, 1.82) is 0 Å². The Bertz CT molecular complexity index is 1750. The molecule has 15 heteroatoms. The van der Waals surface area contributed by atoms with Gasteiger partial charge in [-0.25, -0.2) is 0 Å². The fraction of sp³-hybridized carbons (Fsp3) is 0.515.